The van der Waals surface area contributed by atoms with Crippen LogP contribution in [0, 0.1) is 24.0 Å². The Kier molecular flexibility index (Phi) is 5.02. The molecule has 4 rings (SSSR count). The zero-order chi connectivity index (χ0) is 21.3. The Hall–Kier alpha value is -4.00. The van der Waals surface area contributed by atoms with Gasteiger partial charge >= 0.3 is 0 Å². The molecular formula is C23H20N4O3. The number of nitro groups is 1. The molecule has 7 nitrogen and oxygen atoms in total. The van der Waals surface area contributed by atoms with Crippen LogP contribution in [-0.2, 0) is 0 Å². The number of aryl methyl sites for hydroxylation is 2. The molecule has 0 radical (unpaired) electrons. The fourth-order valence-corrected chi connectivity index (χ4v) is 3.69. The second-order valence-corrected chi connectivity index (χ2v) is 7.13. The Balaban J connectivity index is 1.78. The van der Waals surface area contributed by atoms with Gasteiger partial charge in [0.05, 0.1) is 22.9 Å². The van der Waals surface area contributed by atoms with Crippen molar-refractivity contribution in [2.24, 2.45) is 0 Å². The van der Waals surface area contributed by atoms with E-state index in [1.54, 1.807) is 6.20 Å². The maximum absolute atomic E-state index is 13.1. The van der Waals surface area contributed by atoms with E-state index < -0.39 is 11.0 Å². The quantitative estimate of drug-likeness (QED) is 0.398. The van der Waals surface area contributed by atoms with Crippen molar-refractivity contribution < 1.29 is 9.72 Å². The summed E-state index contributed by atoms with van der Waals surface area (Å²) in [5.74, 6) is -0.316. The van der Waals surface area contributed by atoms with Crippen molar-refractivity contribution in [1.29, 1.82) is 0 Å². The minimum atomic E-state index is -0.487. The van der Waals surface area contributed by atoms with E-state index in [1.165, 1.54) is 24.3 Å². The molecule has 7 heteroatoms. The lowest BCUT2D eigenvalue weighted by molar-refractivity contribution is -0.384. The number of aromatic nitrogens is 2. The number of nitrogens with one attached hydrogen (secondary N) is 1. The van der Waals surface area contributed by atoms with Gasteiger partial charge in [0.1, 0.15) is 5.65 Å². The number of non-ortho nitro benzene ring substituents is 1. The Labute approximate surface area is 173 Å². The normalized spacial score (nSPS) is 11.9. The SMILES string of the molecule is Cc1cccc(C)c1C(NC(=O)c1ccc([N+](=O)[O-])cc1)c1cnc2ccccn12. The molecule has 4 aromatic rings. The molecule has 0 aliphatic rings. The Morgan fingerprint density at radius 1 is 1.03 bits per heavy atom. The van der Waals surface area contributed by atoms with Crippen molar-refractivity contribution in [2.45, 2.75) is 19.9 Å². The average molecular weight is 400 g/mol. The predicted molar refractivity (Wildman–Crippen MR) is 114 cm³/mol. The highest BCUT2D eigenvalue weighted by Gasteiger charge is 2.24. The van der Waals surface area contributed by atoms with E-state index in [0.717, 1.165) is 28.0 Å². The second-order valence-electron chi connectivity index (χ2n) is 7.13. The maximum atomic E-state index is 13.1. The number of imidazole rings is 1. The van der Waals surface area contributed by atoms with Crippen LogP contribution in [0.4, 0.5) is 5.69 Å². The lowest BCUT2D eigenvalue weighted by atomic mass is 9.94. The van der Waals surface area contributed by atoms with Gasteiger partial charge in [-0.1, -0.05) is 24.3 Å². The number of amides is 1. The fraction of sp³-hybridized carbons (Fsp3) is 0.130. The van der Waals surface area contributed by atoms with Crippen LogP contribution in [0.1, 0.15) is 38.8 Å². The van der Waals surface area contributed by atoms with Crippen LogP contribution in [0.2, 0.25) is 0 Å². The fourth-order valence-electron chi connectivity index (χ4n) is 3.69. The van der Waals surface area contributed by atoms with Gasteiger partial charge in [-0.2, -0.15) is 0 Å². The number of benzene rings is 2. The highest BCUT2D eigenvalue weighted by molar-refractivity contribution is 5.95. The van der Waals surface area contributed by atoms with E-state index in [0.29, 0.717) is 5.56 Å². The molecule has 2 aromatic heterocycles. The number of hydrogen-bond donors (Lipinski definition) is 1. The summed E-state index contributed by atoms with van der Waals surface area (Å²) >= 11 is 0. The zero-order valence-corrected chi connectivity index (χ0v) is 16.6. The first-order valence-corrected chi connectivity index (χ1v) is 9.49. The van der Waals surface area contributed by atoms with Gasteiger partial charge in [0, 0.05) is 23.9 Å². The topological polar surface area (TPSA) is 89.5 Å². The summed E-state index contributed by atoms with van der Waals surface area (Å²) in [7, 11) is 0. The van der Waals surface area contributed by atoms with Gasteiger partial charge in [0.25, 0.3) is 11.6 Å². The van der Waals surface area contributed by atoms with Gasteiger partial charge in [-0.25, -0.2) is 4.98 Å². The van der Waals surface area contributed by atoms with Crippen molar-refractivity contribution in [3.05, 3.63) is 111 Å². The summed E-state index contributed by atoms with van der Waals surface area (Å²) in [4.78, 5) is 27.9. The summed E-state index contributed by atoms with van der Waals surface area (Å²) in [6.45, 7) is 4.02. The third-order valence-electron chi connectivity index (χ3n) is 5.19. The van der Waals surface area contributed by atoms with Crippen LogP contribution in [0.5, 0.6) is 0 Å². The van der Waals surface area contributed by atoms with Crippen LogP contribution in [0.3, 0.4) is 0 Å². The molecule has 0 spiro atoms. The van der Waals surface area contributed by atoms with Crippen molar-refractivity contribution in [3.63, 3.8) is 0 Å². The molecule has 30 heavy (non-hydrogen) atoms. The number of carbonyl (C=O) groups is 1. The summed E-state index contributed by atoms with van der Waals surface area (Å²) < 4.78 is 1.95. The lowest BCUT2D eigenvalue weighted by Crippen LogP contribution is -2.31. The zero-order valence-electron chi connectivity index (χ0n) is 16.6. The van der Waals surface area contributed by atoms with Crippen LogP contribution in [0.15, 0.2) is 73.1 Å². The number of carbonyl (C=O) groups excluding carboxylic acids is 1. The number of rotatable bonds is 5. The number of nitro benzene ring substituents is 1. The van der Waals surface area contributed by atoms with Gasteiger partial charge < -0.3 is 9.72 Å². The Morgan fingerprint density at radius 2 is 1.73 bits per heavy atom. The first-order chi connectivity index (χ1) is 14.5. The van der Waals surface area contributed by atoms with Gasteiger partial charge in [0.15, 0.2) is 0 Å². The Bertz CT molecular complexity index is 1220. The van der Waals surface area contributed by atoms with E-state index in [2.05, 4.69) is 10.3 Å². The molecule has 0 saturated heterocycles. The van der Waals surface area contributed by atoms with Crippen molar-refractivity contribution in [1.82, 2.24) is 14.7 Å². The molecule has 1 N–H and O–H groups in total. The standard InChI is InChI=1S/C23H20N4O3/c1-15-6-5-7-16(2)21(15)22(19-14-24-20-8-3-4-13-26(19)20)25-23(28)17-9-11-18(12-10-17)27(29)30/h3-14,22H,1-2H3,(H,25,28). The monoisotopic (exact) mass is 400 g/mol. The van der Waals surface area contributed by atoms with Crippen LogP contribution in [-0.4, -0.2) is 20.2 Å². The third-order valence-corrected chi connectivity index (χ3v) is 5.19. The molecule has 0 fully saturated rings. The van der Waals surface area contributed by atoms with Gasteiger partial charge in [-0.3, -0.25) is 14.9 Å². The average Bonchev–Trinajstić information content (AvgIpc) is 3.17. The Morgan fingerprint density at radius 3 is 2.40 bits per heavy atom. The third kappa shape index (κ3) is 3.53. The lowest BCUT2D eigenvalue weighted by Gasteiger charge is -2.23. The summed E-state index contributed by atoms with van der Waals surface area (Å²) in [6, 6.07) is 16.9. The number of fused-ring (bicyclic) bond motifs is 1. The molecule has 0 saturated carbocycles. The second kappa shape index (κ2) is 7.79. The molecule has 2 heterocycles. The molecule has 2 aromatic carbocycles. The van der Waals surface area contributed by atoms with Crippen molar-refractivity contribution in [2.75, 3.05) is 0 Å². The van der Waals surface area contributed by atoms with Gasteiger partial charge in [-0.05, 0) is 54.8 Å². The minimum Gasteiger partial charge on any atom is -0.340 e. The number of pyridine rings is 1. The van der Waals surface area contributed by atoms with Crippen LogP contribution in [0.25, 0.3) is 5.65 Å². The molecule has 1 unspecified atom stereocenters. The molecule has 150 valence electrons. The smallest absolute Gasteiger partial charge is 0.269 e. The molecule has 1 amide bonds. The van der Waals surface area contributed by atoms with Crippen molar-refractivity contribution in [3.8, 4) is 0 Å². The van der Waals surface area contributed by atoms with Crippen LogP contribution >= 0.6 is 0 Å². The first-order valence-electron chi connectivity index (χ1n) is 9.49. The van der Waals surface area contributed by atoms with E-state index in [9.17, 15) is 14.9 Å². The molecular weight excluding hydrogens is 380 g/mol. The number of nitrogens with zero attached hydrogens (tertiary/aromatic N) is 3. The predicted octanol–water partition coefficient (Wildman–Crippen LogP) is 4.38. The summed E-state index contributed by atoms with van der Waals surface area (Å²) in [5.41, 5.74) is 5.01. The summed E-state index contributed by atoms with van der Waals surface area (Å²) in [6.07, 6.45) is 3.68. The van der Waals surface area contributed by atoms with E-state index >= 15 is 0 Å². The minimum absolute atomic E-state index is 0.0559. The van der Waals surface area contributed by atoms with E-state index in [1.807, 2.05) is 60.8 Å². The molecule has 0 aliphatic carbocycles. The number of hydrogen-bond acceptors (Lipinski definition) is 4. The first kappa shape index (κ1) is 19.3. The molecule has 0 bridgehead atoms. The van der Waals surface area contributed by atoms with Gasteiger partial charge in [-0.15, -0.1) is 0 Å². The van der Waals surface area contributed by atoms with Crippen molar-refractivity contribution >= 4 is 17.2 Å². The van der Waals surface area contributed by atoms with Gasteiger partial charge in [0.2, 0.25) is 0 Å². The maximum Gasteiger partial charge on any atom is 0.269 e. The summed E-state index contributed by atoms with van der Waals surface area (Å²) in [5, 5.41) is 14.0. The largest absolute Gasteiger partial charge is 0.340 e. The molecule has 1 atom stereocenters. The van der Waals surface area contributed by atoms with Crippen LogP contribution < -0.4 is 5.32 Å². The van der Waals surface area contributed by atoms with E-state index in [4.69, 9.17) is 0 Å². The highest BCUT2D eigenvalue weighted by atomic mass is 16.6. The highest BCUT2D eigenvalue weighted by Crippen LogP contribution is 2.29. The molecule has 0 aliphatic heterocycles. The van der Waals surface area contributed by atoms with E-state index in [-0.39, 0.29) is 11.6 Å².